The van der Waals surface area contributed by atoms with Crippen LogP contribution in [0.1, 0.15) is 19.8 Å². The molecule has 2 atom stereocenters. The normalized spacial score (nSPS) is 30.7. The van der Waals surface area contributed by atoms with Gasteiger partial charge in [-0.1, -0.05) is 6.92 Å². The molecule has 4 heteroatoms. The van der Waals surface area contributed by atoms with Crippen molar-refractivity contribution in [2.75, 3.05) is 13.1 Å². The maximum atomic E-state index is 11.1. The lowest BCUT2D eigenvalue weighted by Gasteiger charge is -2.38. The number of aliphatic carboxylic acids is 1. The summed E-state index contributed by atoms with van der Waals surface area (Å²) >= 11 is 0. The number of allylic oxidation sites excluding steroid dienone is 2. The number of rotatable bonds is 2. The van der Waals surface area contributed by atoms with E-state index in [0.717, 1.165) is 19.5 Å². The molecule has 2 aliphatic heterocycles. The van der Waals surface area contributed by atoms with Crippen LogP contribution in [0.25, 0.3) is 0 Å². The zero-order valence-electron chi connectivity index (χ0n) is 9.52. The van der Waals surface area contributed by atoms with Gasteiger partial charge >= 0.3 is 5.97 Å². The van der Waals surface area contributed by atoms with Crippen LogP contribution in [0.5, 0.6) is 0 Å². The van der Waals surface area contributed by atoms with Crippen molar-refractivity contribution in [3.8, 4) is 0 Å². The van der Waals surface area contributed by atoms with Crippen LogP contribution >= 0.6 is 0 Å². The van der Waals surface area contributed by atoms with E-state index in [1.54, 1.807) is 12.2 Å². The molecule has 88 valence electrons. The molecule has 0 aromatic rings. The summed E-state index contributed by atoms with van der Waals surface area (Å²) in [6.07, 6.45) is 7.47. The van der Waals surface area contributed by atoms with E-state index in [-0.39, 0.29) is 6.17 Å². The van der Waals surface area contributed by atoms with E-state index in [9.17, 15) is 4.79 Å². The molecule has 4 nitrogen and oxygen atoms in total. The Labute approximate surface area is 95.6 Å². The summed E-state index contributed by atoms with van der Waals surface area (Å²) in [4.78, 5) is 13.3. The highest BCUT2D eigenvalue weighted by molar-refractivity contribution is 5.88. The number of carbonyl (C=O) groups is 1. The lowest BCUT2D eigenvalue weighted by Crippen LogP contribution is -2.51. The van der Waals surface area contributed by atoms with Crippen molar-refractivity contribution in [3.05, 3.63) is 23.9 Å². The van der Waals surface area contributed by atoms with Crippen LogP contribution < -0.4 is 5.32 Å². The van der Waals surface area contributed by atoms with Crippen molar-refractivity contribution in [2.24, 2.45) is 5.92 Å². The predicted octanol–water partition coefficient (Wildman–Crippen LogP) is 1.17. The molecule has 2 heterocycles. The smallest absolute Gasteiger partial charge is 0.335 e. The van der Waals surface area contributed by atoms with E-state index in [4.69, 9.17) is 5.11 Å². The molecule has 1 fully saturated rings. The topological polar surface area (TPSA) is 52.6 Å². The fraction of sp³-hybridized carbons (Fsp3) is 0.583. The van der Waals surface area contributed by atoms with Crippen molar-refractivity contribution in [2.45, 2.75) is 25.9 Å². The Balaban J connectivity index is 2.10. The zero-order chi connectivity index (χ0) is 11.5. The number of hydrogen-bond donors (Lipinski definition) is 2. The molecular weight excluding hydrogens is 204 g/mol. The Kier molecular flexibility index (Phi) is 3.29. The Morgan fingerprint density at radius 3 is 3.12 bits per heavy atom. The maximum Gasteiger partial charge on any atom is 0.335 e. The van der Waals surface area contributed by atoms with Gasteiger partial charge < -0.3 is 10.4 Å². The molecule has 2 rings (SSSR count). The molecule has 2 aliphatic rings. The first kappa shape index (κ1) is 11.2. The molecule has 0 aliphatic carbocycles. The van der Waals surface area contributed by atoms with Crippen LogP contribution in [0.15, 0.2) is 23.9 Å². The highest BCUT2D eigenvalue weighted by Gasteiger charge is 2.29. The van der Waals surface area contributed by atoms with E-state index < -0.39 is 5.97 Å². The number of dihydropyridines is 1. The third kappa shape index (κ3) is 2.27. The summed E-state index contributed by atoms with van der Waals surface area (Å²) < 4.78 is 0. The number of carboxylic acids is 1. The van der Waals surface area contributed by atoms with Crippen molar-refractivity contribution in [3.63, 3.8) is 0 Å². The van der Waals surface area contributed by atoms with E-state index in [2.05, 4.69) is 17.1 Å². The van der Waals surface area contributed by atoms with Crippen molar-refractivity contribution >= 4 is 5.97 Å². The quantitative estimate of drug-likeness (QED) is 0.736. The zero-order valence-corrected chi connectivity index (χ0v) is 9.52. The minimum atomic E-state index is -0.833. The van der Waals surface area contributed by atoms with E-state index in [1.165, 1.54) is 6.42 Å². The first-order valence-electron chi connectivity index (χ1n) is 5.78. The van der Waals surface area contributed by atoms with Gasteiger partial charge in [-0.25, -0.2) is 4.79 Å². The van der Waals surface area contributed by atoms with E-state index >= 15 is 0 Å². The van der Waals surface area contributed by atoms with Crippen LogP contribution in [0.4, 0.5) is 0 Å². The molecule has 0 aromatic heterocycles. The molecule has 1 saturated heterocycles. The molecule has 2 N–H and O–H groups in total. The number of hydrogen-bond acceptors (Lipinski definition) is 3. The van der Waals surface area contributed by atoms with Gasteiger partial charge in [-0.05, 0) is 37.1 Å². The lowest BCUT2D eigenvalue weighted by molar-refractivity contribution is -0.133. The van der Waals surface area contributed by atoms with Crippen molar-refractivity contribution < 1.29 is 9.90 Å². The molecule has 0 bridgehead atoms. The predicted molar refractivity (Wildman–Crippen MR) is 61.8 cm³/mol. The number of nitrogens with zero attached hydrogens (tertiary/aromatic N) is 1. The van der Waals surface area contributed by atoms with Crippen LogP contribution in [-0.2, 0) is 4.79 Å². The number of carboxylic acid groups (broad SMARTS) is 1. The van der Waals surface area contributed by atoms with Gasteiger partial charge in [0.25, 0.3) is 0 Å². The van der Waals surface area contributed by atoms with E-state index in [1.807, 2.05) is 6.20 Å². The van der Waals surface area contributed by atoms with Gasteiger partial charge in [-0.3, -0.25) is 4.90 Å². The van der Waals surface area contributed by atoms with Crippen molar-refractivity contribution in [1.29, 1.82) is 0 Å². The highest BCUT2D eigenvalue weighted by atomic mass is 16.4. The van der Waals surface area contributed by atoms with E-state index in [0.29, 0.717) is 11.5 Å². The van der Waals surface area contributed by atoms with Gasteiger partial charge in [0.1, 0.15) is 6.17 Å². The number of piperidine rings is 1. The summed E-state index contributed by atoms with van der Waals surface area (Å²) in [5.74, 6) is -0.184. The molecule has 16 heavy (non-hydrogen) atoms. The second-order valence-electron chi connectivity index (χ2n) is 4.60. The Bertz CT molecular complexity index is 336. The Morgan fingerprint density at radius 1 is 1.62 bits per heavy atom. The highest BCUT2D eigenvalue weighted by Crippen LogP contribution is 2.21. The van der Waals surface area contributed by atoms with Crippen LogP contribution in [-0.4, -0.2) is 35.2 Å². The summed E-state index contributed by atoms with van der Waals surface area (Å²) in [5, 5.41) is 12.3. The third-order valence-corrected chi connectivity index (χ3v) is 3.22. The molecule has 0 amide bonds. The average Bonchev–Trinajstić information content (AvgIpc) is 2.29. The molecule has 1 unspecified atom stereocenters. The number of nitrogens with one attached hydrogen (secondary N) is 1. The first-order chi connectivity index (χ1) is 7.68. The summed E-state index contributed by atoms with van der Waals surface area (Å²) in [7, 11) is 0. The maximum absolute atomic E-state index is 11.1. The fourth-order valence-corrected chi connectivity index (χ4v) is 2.43. The van der Waals surface area contributed by atoms with Gasteiger partial charge in [0.2, 0.25) is 0 Å². The molecule has 0 aromatic carbocycles. The summed E-state index contributed by atoms with van der Waals surface area (Å²) in [6.45, 7) is 4.16. The van der Waals surface area contributed by atoms with Gasteiger partial charge in [-0.2, -0.15) is 0 Å². The van der Waals surface area contributed by atoms with Crippen LogP contribution in [0, 0.1) is 5.92 Å². The average molecular weight is 222 g/mol. The largest absolute Gasteiger partial charge is 0.478 e. The lowest BCUT2D eigenvalue weighted by atomic mass is 9.98. The summed E-state index contributed by atoms with van der Waals surface area (Å²) in [5.41, 5.74) is 0.441. The second-order valence-corrected chi connectivity index (χ2v) is 4.60. The Morgan fingerprint density at radius 2 is 2.44 bits per heavy atom. The van der Waals surface area contributed by atoms with Gasteiger partial charge in [0.05, 0.1) is 5.57 Å². The molecule has 0 spiro atoms. The Hall–Kier alpha value is -1.29. The standard InChI is InChI=1S/C12H18N2O2/c1-9-4-3-7-14(8-9)11-10(12(15)16)5-2-6-13-11/h2,5-6,9,11,13H,3-4,7-8H2,1H3,(H,15,16)/t9-,11?/m0/s1. The SMILES string of the molecule is C[C@H]1CCCN(C2NC=CC=C2C(=O)O)C1. The fourth-order valence-electron chi connectivity index (χ4n) is 2.43. The minimum Gasteiger partial charge on any atom is -0.478 e. The first-order valence-corrected chi connectivity index (χ1v) is 5.78. The van der Waals surface area contributed by atoms with Gasteiger partial charge in [0, 0.05) is 13.1 Å². The molecular formula is C12H18N2O2. The van der Waals surface area contributed by atoms with Crippen LogP contribution in [0.3, 0.4) is 0 Å². The molecule has 0 radical (unpaired) electrons. The summed E-state index contributed by atoms with van der Waals surface area (Å²) in [6, 6.07) is 0. The van der Waals surface area contributed by atoms with Crippen LogP contribution in [0.2, 0.25) is 0 Å². The van der Waals surface area contributed by atoms with Gasteiger partial charge in [0.15, 0.2) is 0 Å². The van der Waals surface area contributed by atoms with Crippen molar-refractivity contribution in [1.82, 2.24) is 10.2 Å². The second kappa shape index (κ2) is 4.70. The third-order valence-electron chi connectivity index (χ3n) is 3.22. The minimum absolute atomic E-state index is 0.162. The molecule has 0 saturated carbocycles. The monoisotopic (exact) mass is 222 g/mol. The number of likely N-dealkylation sites (tertiary alicyclic amines) is 1. The van der Waals surface area contributed by atoms with Gasteiger partial charge in [-0.15, -0.1) is 0 Å².